The van der Waals surface area contributed by atoms with E-state index in [-0.39, 0.29) is 10.9 Å². The van der Waals surface area contributed by atoms with Gasteiger partial charge in [-0.05, 0) is 60.5 Å². The second kappa shape index (κ2) is 10.3. The first-order valence-corrected chi connectivity index (χ1v) is 11.6. The van der Waals surface area contributed by atoms with Crippen molar-refractivity contribution < 1.29 is 22.3 Å². The third kappa shape index (κ3) is 5.45. The fourth-order valence-corrected chi connectivity index (χ4v) is 4.69. The number of hydrogen-bond acceptors (Lipinski definition) is 4. The summed E-state index contributed by atoms with van der Waals surface area (Å²) >= 11 is 0. The van der Waals surface area contributed by atoms with E-state index >= 15 is 0 Å². The maximum Gasteiger partial charge on any atom is 0.264 e. The maximum atomic E-state index is 13.3. The minimum Gasteiger partial charge on any atom is -0.497 e. The molecule has 0 fully saturated rings. The van der Waals surface area contributed by atoms with Gasteiger partial charge in [0.1, 0.15) is 18.1 Å². The number of methoxy groups -OCH3 is 1. The van der Waals surface area contributed by atoms with E-state index in [9.17, 15) is 17.6 Å². The van der Waals surface area contributed by atoms with Gasteiger partial charge in [0, 0.05) is 0 Å². The van der Waals surface area contributed by atoms with Crippen molar-refractivity contribution in [1.82, 2.24) is 5.32 Å². The van der Waals surface area contributed by atoms with Gasteiger partial charge in [0.2, 0.25) is 5.91 Å². The molecule has 32 heavy (non-hydrogen) atoms. The number of carbonyl (C=O) groups is 1. The molecular formula is C24H25FN2O4S. The van der Waals surface area contributed by atoms with Crippen LogP contribution in [0.5, 0.6) is 5.75 Å². The molecule has 0 heterocycles. The van der Waals surface area contributed by atoms with Crippen LogP contribution in [0, 0.1) is 5.82 Å². The minimum atomic E-state index is -4.09. The Morgan fingerprint density at radius 3 is 2.19 bits per heavy atom. The fourth-order valence-electron chi connectivity index (χ4n) is 3.27. The Bertz CT molecular complexity index is 1130. The molecule has 6 nitrogen and oxygen atoms in total. The quantitative estimate of drug-likeness (QED) is 0.521. The van der Waals surface area contributed by atoms with Gasteiger partial charge in [0.25, 0.3) is 10.0 Å². The van der Waals surface area contributed by atoms with Crippen molar-refractivity contribution in [3.63, 3.8) is 0 Å². The van der Waals surface area contributed by atoms with Crippen LogP contribution >= 0.6 is 0 Å². The fraction of sp³-hybridized carbons (Fsp3) is 0.208. The van der Waals surface area contributed by atoms with Crippen LogP contribution in [0.4, 0.5) is 10.1 Å². The molecule has 1 atom stereocenters. The Labute approximate surface area is 187 Å². The summed E-state index contributed by atoms with van der Waals surface area (Å²) in [5.74, 6) is -0.295. The Morgan fingerprint density at radius 1 is 1.00 bits per heavy atom. The first-order valence-electron chi connectivity index (χ1n) is 10.1. The first kappa shape index (κ1) is 23.3. The molecule has 168 valence electrons. The standard InChI is InChI=1S/C24H25FN2O4S/c1-3-23(18-9-13-21(31-2)14-10-18)26-24(28)17-27(20-7-5-4-6-8-20)32(29,30)22-15-11-19(25)12-16-22/h4-16,23H,3,17H2,1-2H3,(H,26,28). The molecule has 1 N–H and O–H groups in total. The van der Waals surface area contributed by atoms with E-state index in [2.05, 4.69) is 5.32 Å². The number of carbonyl (C=O) groups excluding carboxylic acids is 1. The summed E-state index contributed by atoms with van der Waals surface area (Å²) in [7, 11) is -2.52. The zero-order valence-electron chi connectivity index (χ0n) is 17.9. The van der Waals surface area contributed by atoms with Gasteiger partial charge in [0.05, 0.1) is 23.7 Å². The molecule has 8 heteroatoms. The molecule has 1 amide bonds. The summed E-state index contributed by atoms with van der Waals surface area (Å²) in [6.07, 6.45) is 0.619. The zero-order chi connectivity index (χ0) is 23.1. The number of sulfonamides is 1. The molecule has 3 aromatic carbocycles. The van der Waals surface area contributed by atoms with Crippen molar-refractivity contribution in [3.8, 4) is 5.75 Å². The van der Waals surface area contributed by atoms with E-state index in [0.717, 1.165) is 22.0 Å². The van der Waals surface area contributed by atoms with Crippen LogP contribution in [0.25, 0.3) is 0 Å². The number of anilines is 1. The Balaban J connectivity index is 1.85. The number of ether oxygens (including phenoxy) is 1. The summed E-state index contributed by atoms with van der Waals surface area (Å²) in [6.45, 7) is 1.51. The van der Waals surface area contributed by atoms with Gasteiger partial charge in [-0.3, -0.25) is 9.10 Å². The number of hydrogen-bond donors (Lipinski definition) is 1. The number of nitrogens with zero attached hydrogens (tertiary/aromatic N) is 1. The largest absolute Gasteiger partial charge is 0.497 e. The van der Waals surface area contributed by atoms with Gasteiger partial charge < -0.3 is 10.1 Å². The molecule has 0 bridgehead atoms. The van der Waals surface area contributed by atoms with Gasteiger partial charge in [-0.25, -0.2) is 12.8 Å². The summed E-state index contributed by atoms with van der Waals surface area (Å²) < 4.78 is 46.1. The normalized spacial score (nSPS) is 12.1. The van der Waals surface area contributed by atoms with Crippen molar-refractivity contribution in [2.75, 3.05) is 18.0 Å². The molecule has 3 aromatic rings. The molecule has 0 saturated carbocycles. The van der Waals surface area contributed by atoms with Crippen LogP contribution in [0.15, 0.2) is 83.8 Å². The molecular weight excluding hydrogens is 431 g/mol. The maximum absolute atomic E-state index is 13.3. The number of nitrogens with one attached hydrogen (secondary N) is 1. The van der Waals surface area contributed by atoms with E-state index < -0.39 is 28.3 Å². The Kier molecular flexibility index (Phi) is 7.48. The minimum absolute atomic E-state index is 0.0993. The predicted octanol–water partition coefficient (Wildman–Crippen LogP) is 4.30. The van der Waals surface area contributed by atoms with Gasteiger partial charge in [-0.15, -0.1) is 0 Å². The zero-order valence-corrected chi connectivity index (χ0v) is 18.7. The predicted molar refractivity (Wildman–Crippen MR) is 122 cm³/mol. The summed E-state index contributed by atoms with van der Waals surface area (Å²) in [6, 6.07) is 19.9. The number of amides is 1. The van der Waals surface area contributed by atoms with E-state index in [0.29, 0.717) is 17.9 Å². The van der Waals surface area contributed by atoms with E-state index in [1.807, 2.05) is 19.1 Å². The van der Waals surface area contributed by atoms with Crippen molar-refractivity contribution in [3.05, 3.63) is 90.2 Å². The molecule has 0 saturated heterocycles. The molecule has 1 unspecified atom stereocenters. The number of halogens is 1. The van der Waals surface area contributed by atoms with Crippen LogP contribution in [0.2, 0.25) is 0 Å². The van der Waals surface area contributed by atoms with Gasteiger partial charge >= 0.3 is 0 Å². The monoisotopic (exact) mass is 456 g/mol. The smallest absolute Gasteiger partial charge is 0.264 e. The van der Waals surface area contributed by atoms with Gasteiger partial charge in [-0.2, -0.15) is 0 Å². The van der Waals surface area contributed by atoms with Crippen LogP contribution in [-0.4, -0.2) is 28.0 Å². The summed E-state index contributed by atoms with van der Waals surface area (Å²) in [5.41, 5.74) is 1.22. The van der Waals surface area contributed by atoms with Crippen molar-refractivity contribution in [2.45, 2.75) is 24.3 Å². The number of rotatable bonds is 9. The highest BCUT2D eigenvalue weighted by Crippen LogP contribution is 2.24. The van der Waals surface area contributed by atoms with Crippen LogP contribution in [0.3, 0.4) is 0 Å². The molecule has 0 aliphatic heterocycles. The average Bonchev–Trinajstić information content (AvgIpc) is 2.82. The lowest BCUT2D eigenvalue weighted by Crippen LogP contribution is -2.42. The van der Waals surface area contributed by atoms with Gasteiger partial charge in [-0.1, -0.05) is 37.3 Å². The molecule has 0 spiro atoms. The highest BCUT2D eigenvalue weighted by molar-refractivity contribution is 7.92. The highest BCUT2D eigenvalue weighted by atomic mass is 32.2. The topological polar surface area (TPSA) is 75.7 Å². The second-order valence-corrected chi connectivity index (χ2v) is 8.96. The first-order chi connectivity index (χ1) is 15.3. The lowest BCUT2D eigenvalue weighted by Gasteiger charge is -2.25. The summed E-state index contributed by atoms with van der Waals surface area (Å²) in [4.78, 5) is 12.8. The molecule has 0 aromatic heterocycles. The average molecular weight is 457 g/mol. The third-order valence-corrected chi connectivity index (χ3v) is 6.78. The van der Waals surface area contributed by atoms with E-state index in [1.165, 1.54) is 12.1 Å². The van der Waals surface area contributed by atoms with Crippen molar-refractivity contribution in [1.29, 1.82) is 0 Å². The highest BCUT2D eigenvalue weighted by Gasteiger charge is 2.28. The van der Waals surface area contributed by atoms with Crippen LogP contribution < -0.4 is 14.4 Å². The SMILES string of the molecule is CCC(NC(=O)CN(c1ccccc1)S(=O)(=O)c1ccc(F)cc1)c1ccc(OC)cc1. The molecule has 0 radical (unpaired) electrons. The number of benzene rings is 3. The summed E-state index contributed by atoms with van der Waals surface area (Å²) in [5, 5.41) is 2.91. The number of para-hydroxylation sites is 1. The van der Waals surface area contributed by atoms with Gasteiger partial charge in [0.15, 0.2) is 0 Å². The lowest BCUT2D eigenvalue weighted by atomic mass is 10.0. The Morgan fingerprint density at radius 2 is 1.62 bits per heavy atom. The lowest BCUT2D eigenvalue weighted by molar-refractivity contribution is -0.120. The third-order valence-electron chi connectivity index (χ3n) is 4.99. The molecule has 0 aliphatic carbocycles. The Hall–Kier alpha value is -3.39. The van der Waals surface area contributed by atoms with E-state index in [1.54, 1.807) is 49.6 Å². The molecule has 3 rings (SSSR count). The van der Waals surface area contributed by atoms with Crippen LogP contribution in [0.1, 0.15) is 24.9 Å². The van der Waals surface area contributed by atoms with Crippen LogP contribution in [-0.2, 0) is 14.8 Å². The van der Waals surface area contributed by atoms with Crippen molar-refractivity contribution >= 4 is 21.6 Å². The second-order valence-electron chi connectivity index (χ2n) is 7.10. The van der Waals surface area contributed by atoms with Crippen molar-refractivity contribution in [2.24, 2.45) is 0 Å². The van der Waals surface area contributed by atoms with E-state index in [4.69, 9.17) is 4.74 Å². The molecule has 0 aliphatic rings.